The fraction of sp³-hybridized carbons (Fsp3) is 0.290. The van der Waals surface area contributed by atoms with Crippen molar-refractivity contribution in [3.05, 3.63) is 114 Å². The average molecular weight is 594 g/mol. The van der Waals surface area contributed by atoms with Crippen LogP contribution in [0.3, 0.4) is 0 Å². The Hall–Kier alpha value is -1.52. The van der Waals surface area contributed by atoms with Crippen LogP contribution in [0.1, 0.15) is 56.2 Å². The van der Waals surface area contributed by atoms with E-state index in [0.29, 0.717) is 0 Å². The molecular formula is C31H35ClNPPd. The summed E-state index contributed by atoms with van der Waals surface area (Å²) in [5, 5.41) is 4.03. The molecule has 1 saturated carbocycles. The summed E-state index contributed by atoms with van der Waals surface area (Å²) in [5.74, 6) is 0. The maximum atomic E-state index is 5.85. The van der Waals surface area contributed by atoms with Crippen LogP contribution in [-0.4, -0.2) is 5.66 Å². The predicted octanol–water partition coefficient (Wildman–Crippen LogP) is 8.67. The molecule has 1 fully saturated rings. The van der Waals surface area contributed by atoms with E-state index in [0.717, 1.165) is 11.2 Å². The molecule has 2 atom stereocenters. The minimum absolute atomic E-state index is 0.0473. The molecule has 186 valence electrons. The smallest absolute Gasteiger partial charge is 0.00303 e. The number of rotatable bonds is 5. The second-order valence-electron chi connectivity index (χ2n) is 9.01. The molecule has 0 radical (unpaired) electrons. The second kappa shape index (κ2) is 15.6. The number of hydrogen-bond acceptors (Lipinski definition) is 1. The first-order chi connectivity index (χ1) is 17.2. The molecule has 4 aromatic carbocycles. The normalized spacial score (nSPS) is 15.2. The van der Waals surface area contributed by atoms with Gasteiger partial charge in [0.25, 0.3) is 0 Å². The van der Waals surface area contributed by atoms with E-state index >= 15 is 0 Å². The molecule has 0 saturated heterocycles. The Bertz CT molecular complexity index is 1110. The first kappa shape index (κ1) is 28.1. The Labute approximate surface area is 227 Å². The quantitative estimate of drug-likeness (QED) is 0.140. The van der Waals surface area contributed by atoms with E-state index in [4.69, 9.17) is 5.73 Å². The number of halogens is 1. The average Bonchev–Trinajstić information content (AvgIpc) is 2.94. The molecular weight excluding hydrogens is 559 g/mol. The van der Waals surface area contributed by atoms with Crippen molar-refractivity contribution in [1.82, 2.24) is 0 Å². The standard InChI is InChI=1S/C19H23P.C12H12N.ClH.Pd/c1-4-10-17(11-5-1)16-20(18-12-6-2-7-13-18)19-14-8-3-9-15-19;1-9(13)11-8-4-6-10-5-2-3-7-12(10)11;;/h1-2,4-7,10-13,19H,3,8-9,14-16H2;2-7,9H,13H2,1H3;1H;/q;-1;;+2/p-1/t;9-;;/m.1../s1. The van der Waals surface area contributed by atoms with Gasteiger partial charge in [0, 0.05) is 6.04 Å². The van der Waals surface area contributed by atoms with Crippen LogP contribution in [0.4, 0.5) is 0 Å². The van der Waals surface area contributed by atoms with Crippen LogP contribution in [0, 0.1) is 6.07 Å². The van der Waals surface area contributed by atoms with Crippen molar-refractivity contribution in [2.75, 3.05) is 0 Å². The Kier molecular flexibility index (Phi) is 12.5. The molecule has 2 N–H and O–H groups in total. The minimum Gasteiger partial charge on any atom is -0.0677 e. The predicted molar refractivity (Wildman–Crippen MR) is 151 cm³/mol. The van der Waals surface area contributed by atoms with Gasteiger partial charge in [-0.2, -0.15) is 18.2 Å². The maximum absolute atomic E-state index is 5.85. The van der Waals surface area contributed by atoms with E-state index in [1.54, 1.807) is 5.30 Å². The molecule has 1 aliphatic carbocycles. The van der Waals surface area contributed by atoms with E-state index in [1.165, 1.54) is 54.6 Å². The monoisotopic (exact) mass is 593 g/mol. The van der Waals surface area contributed by atoms with Gasteiger partial charge in [0.15, 0.2) is 0 Å². The summed E-state index contributed by atoms with van der Waals surface area (Å²) in [5.41, 5.74) is 9.38. The second-order valence-corrected chi connectivity index (χ2v) is 11.5. The number of benzene rings is 4. The first-order valence-electron chi connectivity index (χ1n) is 12.3. The third-order valence-electron chi connectivity index (χ3n) is 6.51. The van der Waals surface area contributed by atoms with Crippen molar-refractivity contribution in [2.45, 2.75) is 56.9 Å². The van der Waals surface area contributed by atoms with Crippen LogP contribution in [0.15, 0.2) is 97.1 Å². The first-order valence-corrected chi connectivity index (χ1v) is 15.9. The molecule has 0 heterocycles. The van der Waals surface area contributed by atoms with Gasteiger partial charge in [-0.05, 0) is 42.5 Å². The molecule has 1 unspecified atom stereocenters. The third-order valence-corrected chi connectivity index (χ3v) is 9.57. The Balaban J connectivity index is 0.000000197. The van der Waals surface area contributed by atoms with Crippen LogP contribution in [0.5, 0.6) is 0 Å². The molecule has 1 nitrogen and oxygen atoms in total. The summed E-state index contributed by atoms with van der Waals surface area (Å²) in [6.07, 6.45) is 8.45. The van der Waals surface area contributed by atoms with Gasteiger partial charge in [0.05, 0.1) is 0 Å². The van der Waals surface area contributed by atoms with E-state index in [1.807, 2.05) is 25.1 Å². The zero-order valence-corrected chi connectivity index (χ0v) is 23.6. The Morgan fingerprint density at radius 2 is 1.46 bits per heavy atom. The number of hydrogen-bond donors (Lipinski definition) is 1. The van der Waals surface area contributed by atoms with Crippen LogP contribution >= 0.6 is 17.5 Å². The van der Waals surface area contributed by atoms with Crippen LogP contribution in [0.2, 0.25) is 0 Å². The fourth-order valence-electron chi connectivity index (χ4n) is 4.79. The van der Waals surface area contributed by atoms with Gasteiger partial charge in [0.1, 0.15) is 0 Å². The van der Waals surface area contributed by atoms with Crippen LogP contribution in [-0.2, 0) is 24.3 Å². The fourth-order valence-corrected chi connectivity index (χ4v) is 7.80. The van der Waals surface area contributed by atoms with Gasteiger partial charge in [-0.1, -0.05) is 106 Å². The molecule has 0 amide bonds. The zero-order valence-electron chi connectivity index (χ0n) is 20.4. The molecule has 4 aromatic rings. The Morgan fingerprint density at radius 1 is 0.857 bits per heavy atom. The van der Waals surface area contributed by atoms with Crippen molar-refractivity contribution in [2.24, 2.45) is 5.73 Å². The van der Waals surface area contributed by atoms with E-state index < -0.39 is 0 Å². The summed E-state index contributed by atoms with van der Waals surface area (Å²) < 4.78 is 0. The van der Waals surface area contributed by atoms with Crippen molar-refractivity contribution in [3.8, 4) is 0 Å². The summed E-state index contributed by atoms with van der Waals surface area (Å²) in [7, 11) is 4.44. The molecule has 1 aliphatic rings. The zero-order chi connectivity index (χ0) is 24.9. The Morgan fingerprint density at radius 3 is 2.11 bits per heavy atom. The summed E-state index contributed by atoms with van der Waals surface area (Å²) in [6.45, 7) is 1.98. The molecule has 4 heteroatoms. The molecule has 0 spiro atoms. The third kappa shape index (κ3) is 8.53. The molecule has 35 heavy (non-hydrogen) atoms. The van der Waals surface area contributed by atoms with Gasteiger partial charge in [-0.15, -0.1) is 22.4 Å². The van der Waals surface area contributed by atoms with Gasteiger partial charge in [0.2, 0.25) is 0 Å². The molecule has 5 rings (SSSR count). The van der Waals surface area contributed by atoms with Crippen LogP contribution < -0.4 is 11.0 Å². The van der Waals surface area contributed by atoms with Gasteiger partial charge < -0.3 is 5.73 Å². The van der Waals surface area contributed by atoms with E-state index in [2.05, 4.69) is 113 Å². The molecule has 0 aromatic heterocycles. The molecule has 0 aliphatic heterocycles. The topological polar surface area (TPSA) is 26.0 Å². The molecule has 0 bridgehead atoms. The van der Waals surface area contributed by atoms with E-state index in [9.17, 15) is 0 Å². The summed E-state index contributed by atoms with van der Waals surface area (Å²) >= 11 is 2.22. The van der Waals surface area contributed by atoms with Crippen molar-refractivity contribution >= 4 is 33.5 Å². The van der Waals surface area contributed by atoms with E-state index in [-0.39, 0.29) is 14.0 Å². The van der Waals surface area contributed by atoms with Crippen molar-refractivity contribution in [1.29, 1.82) is 0 Å². The number of fused-ring (bicyclic) bond motifs is 1. The van der Waals surface area contributed by atoms with Crippen molar-refractivity contribution in [3.63, 3.8) is 0 Å². The van der Waals surface area contributed by atoms with Crippen molar-refractivity contribution < 1.29 is 18.2 Å². The number of nitrogens with two attached hydrogens (primary N) is 1. The summed E-state index contributed by atoms with van der Waals surface area (Å²) in [4.78, 5) is 0. The van der Waals surface area contributed by atoms with Gasteiger partial charge in [-0.25, -0.2) is 0 Å². The van der Waals surface area contributed by atoms with Crippen LogP contribution in [0.25, 0.3) is 10.8 Å². The van der Waals surface area contributed by atoms with Gasteiger partial charge in [-0.3, -0.25) is 0 Å². The maximum Gasteiger partial charge on any atom is -0.00303 e. The SMILES string of the molecule is C[C@@H](N)c1[c-]ccc2ccccc12.[Cl][Pd+].c1ccc(CP(c2ccccc2)C2CCCCC2)cc1. The largest absolute Gasteiger partial charge is 0.0677 e. The minimum atomic E-state index is -0.0502. The van der Waals surface area contributed by atoms with Gasteiger partial charge >= 0.3 is 27.7 Å². The summed E-state index contributed by atoms with van der Waals surface area (Å²) in [6, 6.07) is 37.8.